The number of para-hydroxylation sites is 1. The first-order valence-corrected chi connectivity index (χ1v) is 10.8. The van der Waals surface area contributed by atoms with Crippen molar-refractivity contribution in [3.63, 3.8) is 0 Å². The highest BCUT2D eigenvalue weighted by molar-refractivity contribution is 6.30. The van der Waals surface area contributed by atoms with Crippen molar-refractivity contribution < 1.29 is 0 Å². The van der Waals surface area contributed by atoms with E-state index in [2.05, 4.69) is 23.8 Å². The van der Waals surface area contributed by atoms with E-state index in [9.17, 15) is 4.79 Å². The number of nitrogens with zero attached hydrogens (tertiary/aromatic N) is 2. The molecule has 6 heteroatoms. The Kier molecular flexibility index (Phi) is 6.43. The lowest BCUT2D eigenvalue weighted by atomic mass is 10.1. The average molecular weight is 455 g/mol. The second kappa shape index (κ2) is 9.59. The van der Waals surface area contributed by atoms with Crippen molar-refractivity contribution in [3.05, 3.63) is 125 Å². The molecule has 2 heterocycles. The van der Waals surface area contributed by atoms with E-state index in [0.717, 1.165) is 16.9 Å². The summed E-state index contributed by atoms with van der Waals surface area (Å²) < 4.78 is 1.93. The van der Waals surface area contributed by atoms with Crippen LogP contribution in [0, 0.1) is 6.92 Å². The van der Waals surface area contributed by atoms with Crippen LogP contribution >= 0.6 is 11.6 Å². The van der Waals surface area contributed by atoms with Crippen LogP contribution in [0.5, 0.6) is 0 Å². The zero-order valence-electron chi connectivity index (χ0n) is 18.2. The number of hydrogen-bond acceptors (Lipinski definition) is 4. The number of aryl methyl sites for hydroxylation is 1. The summed E-state index contributed by atoms with van der Waals surface area (Å²) in [6.45, 7) is 9.50. The van der Waals surface area contributed by atoms with Gasteiger partial charge in [0.2, 0.25) is 0 Å². The normalized spacial score (nSPS) is 11.3. The monoisotopic (exact) mass is 454 g/mol. The molecule has 164 valence electrons. The molecule has 2 aromatic heterocycles. The highest BCUT2D eigenvalue weighted by atomic mass is 35.5. The van der Waals surface area contributed by atoms with Crippen molar-refractivity contribution in [2.45, 2.75) is 6.92 Å². The van der Waals surface area contributed by atoms with Crippen LogP contribution in [0.1, 0.15) is 5.56 Å². The maximum atomic E-state index is 13.1. The van der Waals surface area contributed by atoms with Gasteiger partial charge in [-0.1, -0.05) is 49.0 Å². The molecule has 4 rings (SSSR count). The molecule has 2 aromatic carbocycles. The summed E-state index contributed by atoms with van der Waals surface area (Å²) in [4.78, 5) is 18.0. The number of aromatic nitrogens is 2. The minimum Gasteiger partial charge on any atom is -0.341 e. The van der Waals surface area contributed by atoms with Gasteiger partial charge in [-0.2, -0.15) is 0 Å². The molecule has 0 unspecified atom stereocenters. The van der Waals surface area contributed by atoms with E-state index in [-0.39, 0.29) is 5.43 Å². The summed E-state index contributed by atoms with van der Waals surface area (Å²) in [5.41, 5.74) is 3.65. The van der Waals surface area contributed by atoms with E-state index in [4.69, 9.17) is 16.6 Å². The van der Waals surface area contributed by atoms with E-state index in [0.29, 0.717) is 33.4 Å². The van der Waals surface area contributed by atoms with Crippen molar-refractivity contribution >= 4 is 40.0 Å². The van der Waals surface area contributed by atoms with Crippen molar-refractivity contribution in [1.29, 1.82) is 0 Å². The molecule has 0 spiro atoms. The molecule has 5 nitrogen and oxygen atoms in total. The maximum absolute atomic E-state index is 13.1. The molecule has 0 bridgehead atoms. The molecule has 0 atom stereocenters. The highest BCUT2D eigenvalue weighted by Gasteiger charge is 2.16. The second-order valence-electron chi connectivity index (χ2n) is 7.41. The summed E-state index contributed by atoms with van der Waals surface area (Å²) in [5.74, 6) is 1.19. The molecule has 0 amide bonds. The Balaban J connectivity index is 1.97. The smallest absolute Gasteiger partial charge is 0.193 e. The maximum Gasteiger partial charge on any atom is 0.193 e. The zero-order chi connectivity index (χ0) is 23.4. The number of allylic oxidation sites excluding steroid dienone is 3. The van der Waals surface area contributed by atoms with Gasteiger partial charge in [-0.3, -0.25) is 9.36 Å². The molecule has 0 saturated carbocycles. The van der Waals surface area contributed by atoms with Gasteiger partial charge in [-0.05, 0) is 67.1 Å². The van der Waals surface area contributed by atoms with Crippen molar-refractivity contribution in [3.8, 4) is 5.69 Å². The van der Waals surface area contributed by atoms with Gasteiger partial charge in [0.25, 0.3) is 0 Å². The lowest BCUT2D eigenvalue weighted by molar-refractivity contribution is 1.06. The van der Waals surface area contributed by atoms with Crippen LogP contribution in [0.3, 0.4) is 0 Å². The fraction of sp³-hybridized carbons (Fsp3) is 0.0370. The zero-order valence-corrected chi connectivity index (χ0v) is 18.9. The summed E-state index contributed by atoms with van der Waals surface area (Å²) in [6.07, 6.45) is 5.11. The number of halogens is 1. The van der Waals surface area contributed by atoms with E-state index in [1.54, 1.807) is 24.3 Å². The summed E-state index contributed by atoms with van der Waals surface area (Å²) >= 11 is 6.01. The first-order chi connectivity index (χ1) is 16.0. The van der Waals surface area contributed by atoms with E-state index in [1.807, 2.05) is 72.2 Å². The van der Waals surface area contributed by atoms with Crippen LogP contribution in [0.4, 0.5) is 17.3 Å². The van der Waals surface area contributed by atoms with Gasteiger partial charge in [0.05, 0.1) is 5.39 Å². The summed E-state index contributed by atoms with van der Waals surface area (Å²) in [6, 6.07) is 20.6. The minimum atomic E-state index is -0.121. The summed E-state index contributed by atoms with van der Waals surface area (Å²) in [5, 5.41) is 7.80. The fourth-order valence-electron chi connectivity index (χ4n) is 3.61. The van der Waals surface area contributed by atoms with Crippen LogP contribution in [0.25, 0.3) is 16.7 Å². The Hall–Kier alpha value is -4.09. The van der Waals surface area contributed by atoms with Crippen LogP contribution in [0.15, 0.2) is 109 Å². The van der Waals surface area contributed by atoms with Gasteiger partial charge in [0.1, 0.15) is 11.6 Å². The highest BCUT2D eigenvalue weighted by Crippen LogP contribution is 2.27. The Morgan fingerprint density at radius 2 is 1.79 bits per heavy atom. The van der Waals surface area contributed by atoms with E-state index < -0.39 is 0 Å². The molecule has 0 fully saturated rings. The largest absolute Gasteiger partial charge is 0.341 e. The molecule has 0 saturated heterocycles. The molecular formula is C27H23ClN4O. The quantitative estimate of drug-likeness (QED) is 0.303. The van der Waals surface area contributed by atoms with Crippen LogP contribution in [-0.2, 0) is 0 Å². The number of rotatable bonds is 7. The third kappa shape index (κ3) is 4.73. The number of anilines is 3. The van der Waals surface area contributed by atoms with Gasteiger partial charge in [-0.25, -0.2) is 4.98 Å². The summed E-state index contributed by atoms with van der Waals surface area (Å²) in [7, 11) is 0. The SMILES string of the molecule is C=C/C=C(\C=C)Nc1cc(=O)c2c(C)cc(Nc3ccc(Cl)cc3)nc2n1-c1ccccc1. The van der Waals surface area contributed by atoms with Crippen molar-refractivity contribution in [2.75, 3.05) is 10.6 Å². The van der Waals surface area contributed by atoms with E-state index in [1.165, 1.54) is 0 Å². The number of fused-ring (bicyclic) bond motifs is 1. The third-order valence-corrected chi connectivity index (χ3v) is 5.34. The van der Waals surface area contributed by atoms with Gasteiger partial charge in [-0.15, -0.1) is 0 Å². The number of nitrogens with one attached hydrogen (secondary N) is 2. The molecule has 2 N–H and O–H groups in total. The Labute approximate surface area is 197 Å². The number of hydrogen-bond donors (Lipinski definition) is 2. The second-order valence-corrected chi connectivity index (χ2v) is 7.84. The first-order valence-electron chi connectivity index (χ1n) is 10.4. The number of benzene rings is 2. The molecule has 0 aliphatic heterocycles. The van der Waals surface area contributed by atoms with Gasteiger partial charge >= 0.3 is 0 Å². The van der Waals surface area contributed by atoms with Crippen LogP contribution in [-0.4, -0.2) is 9.55 Å². The molecule has 0 aliphatic carbocycles. The number of pyridine rings is 2. The lowest BCUT2D eigenvalue weighted by Crippen LogP contribution is -2.16. The first kappa shape index (κ1) is 22.1. The lowest BCUT2D eigenvalue weighted by Gasteiger charge is -2.19. The minimum absolute atomic E-state index is 0.121. The molecule has 33 heavy (non-hydrogen) atoms. The molecular weight excluding hydrogens is 432 g/mol. The predicted octanol–water partition coefficient (Wildman–Crippen LogP) is 6.76. The molecule has 0 radical (unpaired) electrons. The van der Waals surface area contributed by atoms with Crippen molar-refractivity contribution in [2.24, 2.45) is 0 Å². The van der Waals surface area contributed by atoms with Crippen LogP contribution < -0.4 is 16.1 Å². The Morgan fingerprint density at radius 3 is 2.45 bits per heavy atom. The third-order valence-electron chi connectivity index (χ3n) is 5.09. The van der Waals surface area contributed by atoms with Gasteiger partial charge in [0, 0.05) is 28.2 Å². The van der Waals surface area contributed by atoms with Crippen LogP contribution in [0.2, 0.25) is 5.02 Å². The fourth-order valence-corrected chi connectivity index (χ4v) is 3.73. The Bertz CT molecular complexity index is 1420. The Morgan fingerprint density at radius 1 is 1.06 bits per heavy atom. The van der Waals surface area contributed by atoms with Crippen molar-refractivity contribution in [1.82, 2.24) is 9.55 Å². The topological polar surface area (TPSA) is 59.0 Å². The average Bonchev–Trinajstić information content (AvgIpc) is 2.80. The van der Waals surface area contributed by atoms with Gasteiger partial charge in [0.15, 0.2) is 11.1 Å². The molecule has 4 aromatic rings. The van der Waals surface area contributed by atoms with Gasteiger partial charge < -0.3 is 10.6 Å². The van der Waals surface area contributed by atoms with E-state index >= 15 is 0 Å². The molecule has 0 aliphatic rings. The predicted molar refractivity (Wildman–Crippen MR) is 139 cm³/mol. The standard InChI is InChI=1S/C27H23ClN4O/c1-4-9-20(5-2)30-25-17-23(33)26-18(3)16-24(29-21-14-12-19(28)13-15-21)31-27(26)32(25)22-10-7-6-8-11-22/h4-17,30H,1-2H2,3H3,(H,29,31)/b20-9+.